The maximum atomic E-state index is 12.2. The molecular weight excluding hydrogens is 306 g/mol. The Morgan fingerprint density at radius 3 is 2.53 bits per heavy atom. The van der Waals surface area contributed by atoms with Crippen LogP contribution in [0.15, 0.2) is 28.7 Å². The highest BCUT2D eigenvalue weighted by Gasteiger charge is 2.39. The van der Waals surface area contributed by atoms with Crippen LogP contribution in [0.3, 0.4) is 0 Å². The second-order valence-corrected chi connectivity index (χ2v) is 6.04. The van der Waals surface area contributed by atoms with Gasteiger partial charge in [0.05, 0.1) is 7.11 Å². The molecule has 2 rings (SSSR count). The van der Waals surface area contributed by atoms with Gasteiger partial charge in [-0.1, -0.05) is 47.7 Å². The zero-order chi connectivity index (χ0) is 13.7. The third-order valence-corrected chi connectivity index (χ3v) is 4.23. The molecule has 0 saturated heterocycles. The fourth-order valence-corrected chi connectivity index (χ4v) is 3.15. The molecule has 1 saturated carbocycles. The first-order valence-corrected chi connectivity index (χ1v) is 7.58. The summed E-state index contributed by atoms with van der Waals surface area (Å²) in [6.07, 6.45) is 6.20. The maximum absolute atomic E-state index is 12.2. The molecule has 1 fully saturated rings. The minimum Gasteiger partial charge on any atom is -0.467 e. The largest absolute Gasteiger partial charge is 0.467 e. The smallest absolute Gasteiger partial charge is 0.331 e. The minimum absolute atomic E-state index is 0.144. The molecule has 0 unspecified atom stereocenters. The van der Waals surface area contributed by atoms with Crippen LogP contribution in [-0.2, 0) is 9.53 Å². The molecule has 0 bridgehead atoms. The molecular formula is C15H20BrNO2. The zero-order valence-electron chi connectivity index (χ0n) is 11.2. The first-order chi connectivity index (χ1) is 9.16. The molecule has 0 aromatic heterocycles. The molecule has 4 heteroatoms. The Morgan fingerprint density at radius 2 is 1.95 bits per heavy atom. The van der Waals surface area contributed by atoms with Gasteiger partial charge in [-0.2, -0.15) is 0 Å². The van der Waals surface area contributed by atoms with Gasteiger partial charge < -0.3 is 10.1 Å². The normalized spacial score (nSPS) is 18.4. The number of hydrogen-bond donors (Lipinski definition) is 1. The molecule has 1 N–H and O–H groups in total. The molecule has 19 heavy (non-hydrogen) atoms. The quantitative estimate of drug-likeness (QED) is 0.670. The Morgan fingerprint density at radius 1 is 1.26 bits per heavy atom. The van der Waals surface area contributed by atoms with Crippen LogP contribution < -0.4 is 5.32 Å². The van der Waals surface area contributed by atoms with Gasteiger partial charge in [0.2, 0.25) is 0 Å². The van der Waals surface area contributed by atoms with Crippen LogP contribution in [0.5, 0.6) is 0 Å². The highest BCUT2D eigenvalue weighted by molar-refractivity contribution is 9.10. The molecule has 0 spiro atoms. The SMILES string of the molecule is COC(=O)C1(Nc2cccc(Br)c2)CCCCCC1. The van der Waals surface area contributed by atoms with Gasteiger partial charge in [-0.3, -0.25) is 0 Å². The summed E-state index contributed by atoms with van der Waals surface area (Å²) >= 11 is 3.46. The first-order valence-electron chi connectivity index (χ1n) is 6.78. The van der Waals surface area contributed by atoms with Crippen molar-refractivity contribution in [3.8, 4) is 0 Å². The van der Waals surface area contributed by atoms with E-state index in [1.807, 2.05) is 24.3 Å². The number of anilines is 1. The van der Waals surface area contributed by atoms with Gasteiger partial charge >= 0.3 is 5.97 Å². The molecule has 104 valence electrons. The third-order valence-electron chi connectivity index (χ3n) is 3.74. The van der Waals surface area contributed by atoms with Gasteiger partial charge in [0.25, 0.3) is 0 Å². The van der Waals surface area contributed by atoms with E-state index in [0.717, 1.165) is 35.8 Å². The molecule has 1 aromatic carbocycles. The lowest BCUT2D eigenvalue weighted by atomic mass is 9.89. The van der Waals surface area contributed by atoms with Crippen molar-refractivity contribution < 1.29 is 9.53 Å². The summed E-state index contributed by atoms with van der Waals surface area (Å²) in [7, 11) is 1.47. The molecule has 1 aliphatic carbocycles. The maximum Gasteiger partial charge on any atom is 0.331 e. The predicted molar refractivity (Wildman–Crippen MR) is 80.2 cm³/mol. The summed E-state index contributed by atoms with van der Waals surface area (Å²) < 4.78 is 6.04. The van der Waals surface area contributed by atoms with E-state index < -0.39 is 5.54 Å². The summed E-state index contributed by atoms with van der Waals surface area (Å²) in [4.78, 5) is 12.2. The number of benzene rings is 1. The highest BCUT2D eigenvalue weighted by Crippen LogP contribution is 2.32. The molecule has 3 nitrogen and oxygen atoms in total. The van der Waals surface area contributed by atoms with Crippen LogP contribution in [0, 0.1) is 0 Å². The van der Waals surface area contributed by atoms with Crippen molar-refractivity contribution in [1.82, 2.24) is 0 Å². The molecule has 1 aliphatic rings. The fourth-order valence-electron chi connectivity index (χ4n) is 2.75. The van der Waals surface area contributed by atoms with Crippen molar-refractivity contribution in [2.45, 2.75) is 44.1 Å². The van der Waals surface area contributed by atoms with Gasteiger partial charge in [-0.25, -0.2) is 4.79 Å². The minimum atomic E-state index is -0.563. The summed E-state index contributed by atoms with van der Waals surface area (Å²) in [5.74, 6) is -0.144. The number of methoxy groups -OCH3 is 1. The van der Waals surface area contributed by atoms with E-state index in [1.54, 1.807) is 0 Å². The van der Waals surface area contributed by atoms with Gasteiger partial charge in [-0.15, -0.1) is 0 Å². The monoisotopic (exact) mass is 325 g/mol. The van der Waals surface area contributed by atoms with Crippen LogP contribution in [0.4, 0.5) is 5.69 Å². The topological polar surface area (TPSA) is 38.3 Å². The van der Waals surface area contributed by atoms with E-state index in [2.05, 4.69) is 21.2 Å². The summed E-state index contributed by atoms with van der Waals surface area (Å²) in [6.45, 7) is 0. The van der Waals surface area contributed by atoms with Crippen LogP contribution in [0.2, 0.25) is 0 Å². The van der Waals surface area contributed by atoms with Crippen LogP contribution in [0.25, 0.3) is 0 Å². The van der Waals surface area contributed by atoms with Crippen molar-refractivity contribution >= 4 is 27.6 Å². The predicted octanol–water partition coefficient (Wildman–Crippen LogP) is 4.13. The van der Waals surface area contributed by atoms with E-state index in [9.17, 15) is 4.79 Å². The zero-order valence-corrected chi connectivity index (χ0v) is 12.8. The Hall–Kier alpha value is -1.03. The van der Waals surface area contributed by atoms with Gasteiger partial charge in [0, 0.05) is 10.2 Å². The standard InChI is InChI=1S/C15H20BrNO2/c1-19-14(18)15(9-4-2-3-5-10-15)17-13-8-6-7-12(16)11-13/h6-8,11,17H,2-5,9-10H2,1H3. The van der Waals surface area contributed by atoms with Crippen LogP contribution in [-0.4, -0.2) is 18.6 Å². The van der Waals surface area contributed by atoms with Gasteiger partial charge in [-0.05, 0) is 31.0 Å². The van der Waals surface area contributed by atoms with Crippen molar-refractivity contribution in [3.05, 3.63) is 28.7 Å². The number of halogens is 1. The van der Waals surface area contributed by atoms with Crippen LogP contribution in [0.1, 0.15) is 38.5 Å². The molecule has 0 radical (unpaired) electrons. The number of hydrogen-bond acceptors (Lipinski definition) is 3. The number of esters is 1. The Bertz CT molecular complexity index is 440. The average Bonchev–Trinajstić information content (AvgIpc) is 2.64. The Balaban J connectivity index is 2.24. The first kappa shape index (κ1) is 14.4. The lowest BCUT2D eigenvalue weighted by molar-refractivity contribution is -0.146. The number of nitrogens with one attached hydrogen (secondary N) is 1. The van der Waals surface area contributed by atoms with Crippen molar-refractivity contribution in [2.75, 3.05) is 12.4 Å². The average molecular weight is 326 g/mol. The number of rotatable bonds is 3. The van der Waals surface area contributed by atoms with Crippen molar-refractivity contribution in [2.24, 2.45) is 0 Å². The summed E-state index contributed by atoms with van der Waals surface area (Å²) in [5.41, 5.74) is 0.396. The van der Waals surface area contributed by atoms with Crippen LogP contribution >= 0.6 is 15.9 Å². The van der Waals surface area contributed by atoms with Gasteiger partial charge in [0.15, 0.2) is 0 Å². The fraction of sp³-hybridized carbons (Fsp3) is 0.533. The van der Waals surface area contributed by atoms with E-state index in [4.69, 9.17) is 4.74 Å². The Kier molecular flexibility index (Phi) is 4.86. The molecule has 0 atom stereocenters. The molecule has 0 aliphatic heterocycles. The summed E-state index contributed by atoms with van der Waals surface area (Å²) in [5, 5.41) is 3.42. The lowest BCUT2D eigenvalue weighted by Gasteiger charge is -2.32. The molecule has 0 amide bonds. The van der Waals surface area contributed by atoms with Gasteiger partial charge in [0.1, 0.15) is 5.54 Å². The van der Waals surface area contributed by atoms with E-state index in [-0.39, 0.29) is 5.97 Å². The number of carbonyl (C=O) groups is 1. The highest BCUT2D eigenvalue weighted by atomic mass is 79.9. The van der Waals surface area contributed by atoms with E-state index >= 15 is 0 Å². The summed E-state index contributed by atoms with van der Waals surface area (Å²) in [6, 6.07) is 7.92. The lowest BCUT2D eigenvalue weighted by Crippen LogP contribution is -2.46. The van der Waals surface area contributed by atoms with E-state index in [1.165, 1.54) is 20.0 Å². The van der Waals surface area contributed by atoms with E-state index in [0.29, 0.717) is 0 Å². The van der Waals surface area contributed by atoms with Crippen molar-refractivity contribution in [3.63, 3.8) is 0 Å². The Labute approximate surface area is 122 Å². The third kappa shape index (κ3) is 3.50. The van der Waals surface area contributed by atoms with Crippen molar-refractivity contribution in [1.29, 1.82) is 0 Å². The number of ether oxygens (including phenoxy) is 1. The molecule has 1 aromatic rings. The number of carbonyl (C=O) groups excluding carboxylic acids is 1. The second-order valence-electron chi connectivity index (χ2n) is 5.12. The second kappa shape index (κ2) is 6.42. The molecule has 0 heterocycles.